The predicted octanol–water partition coefficient (Wildman–Crippen LogP) is 3.31. The highest BCUT2D eigenvalue weighted by Gasteiger charge is 2.13. The molecule has 0 saturated carbocycles. The Hall–Kier alpha value is -1.68. The van der Waals surface area contributed by atoms with Gasteiger partial charge in [-0.05, 0) is 39.5 Å². The van der Waals surface area contributed by atoms with Crippen molar-refractivity contribution in [1.82, 2.24) is 10.3 Å². The monoisotopic (exact) mass is 332 g/mol. The lowest BCUT2D eigenvalue weighted by molar-refractivity contribution is -0.119. The fourth-order valence-corrected chi connectivity index (χ4v) is 2.56. The van der Waals surface area contributed by atoms with Gasteiger partial charge in [-0.15, -0.1) is 0 Å². The number of benzene rings is 1. The van der Waals surface area contributed by atoms with Crippen molar-refractivity contribution in [1.29, 1.82) is 0 Å². The number of aromatic nitrogens is 1. The van der Waals surface area contributed by atoms with Crippen molar-refractivity contribution in [3.8, 4) is 0 Å². The van der Waals surface area contributed by atoms with E-state index in [0.29, 0.717) is 6.54 Å². The van der Waals surface area contributed by atoms with Crippen molar-refractivity contribution in [3.05, 3.63) is 64.4 Å². The standard InChI is InChI=1S/C16H17BrN2O/c1-12(20)19-10-15(14-5-3-2-4-6-14)7-13-8-16(17)11-18-9-13/h2-6,8-9,11,15H,7,10H2,1H3,(H,19,20)/t15-/m0/s1. The highest BCUT2D eigenvalue weighted by atomic mass is 79.9. The molecule has 1 aromatic carbocycles. The van der Waals surface area contributed by atoms with Crippen molar-refractivity contribution in [2.24, 2.45) is 0 Å². The maximum atomic E-state index is 11.2. The number of rotatable bonds is 5. The lowest BCUT2D eigenvalue weighted by atomic mass is 9.92. The van der Waals surface area contributed by atoms with Gasteiger partial charge in [0.1, 0.15) is 0 Å². The molecule has 104 valence electrons. The minimum atomic E-state index is -0.00158. The molecule has 0 bridgehead atoms. The summed E-state index contributed by atoms with van der Waals surface area (Å²) >= 11 is 3.44. The summed E-state index contributed by atoms with van der Waals surface area (Å²) in [6.07, 6.45) is 4.49. The zero-order valence-corrected chi connectivity index (χ0v) is 12.9. The van der Waals surface area contributed by atoms with Crippen LogP contribution >= 0.6 is 15.9 Å². The summed E-state index contributed by atoms with van der Waals surface area (Å²) in [7, 11) is 0. The van der Waals surface area contributed by atoms with Crippen molar-refractivity contribution in [3.63, 3.8) is 0 Å². The van der Waals surface area contributed by atoms with Crippen LogP contribution in [0, 0.1) is 0 Å². The fraction of sp³-hybridized carbons (Fsp3) is 0.250. The van der Waals surface area contributed by atoms with Crippen LogP contribution in [0.5, 0.6) is 0 Å². The third kappa shape index (κ3) is 4.46. The van der Waals surface area contributed by atoms with Gasteiger partial charge in [-0.1, -0.05) is 30.3 Å². The van der Waals surface area contributed by atoms with Crippen LogP contribution in [0.1, 0.15) is 24.0 Å². The van der Waals surface area contributed by atoms with Gasteiger partial charge in [0.05, 0.1) is 0 Å². The van der Waals surface area contributed by atoms with Crippen molar-refractivity contribution in [2.75, 3.05) is 6.54 Å². The molecular formula is C16H17BrN2O. The molecule has 4 heteroatoms. The summed E-state index contributed by atoms with van der Waals surface area (Å²) < 4.78 is 0.973. The Morgan fingerprint density at radius 1 is 1.30 bits per heavy atom. The molecule has 0 aliphatic rings. The molecule has 2 aromatic rings. The molecule has 0 radical (unpaired) electrons. The van der Waals surface area contributed by atoms with Crippen molar-refractivity contribution >= 4 is 21.8 Å². The maximum absolute atomic E-state index is 11.2. The first kappa shape index (κ1) is 14.7. The molecule has 0 saturated heterocycles. The maximum Gasteiger partial charge on any atom is 0.216 e. The Bertz CT molecular complexity index is 572. The molecule has 20 heavy (non-hydrogen) atoms. The quantitative estimate of drug-likeness (QED) is 0.912. The van der Waals surface area contributed by atoms with Gasteiger partial charge < -0.3 is 5.32 Å². The van der Waals surface area contributed by atoms with Gasteiger partial charge in [-0.25, -0.2) is 0 Å². The van der Waals surface area contributed by atoms with Crippen LogP contribution in [0.25, 0.3) is 0 Å². The smallest absolute Gasteiger partial charge is 0.216 e. The summed E-state index contributed by atoms with van der Waals surface area (Å²) in [6.45, 7) is 2.18. The number of nitrogens with zero attached hydrogens (tertiary/aromatic N) is 1. The second-order valence-electron chi connectivity index (χ2n) is 4.76. The van der Waals surface area contributed by atoms with Crippen LogP contribution in [-0.2, 0) is 11.2 Å². The molecule has 1 N–H and O–H groups in total. The molecule has 0 spiro atoms. The number of hydrogen-bond donors (Lipinski definition) is 1. The van der Waals surface area contributed by atoms with E-state index in [9.17, 15) is 4.79 Å². The second-order valence-corrected chi connectivity index (χ2v) is 5.68. The van der Waals surface area contributed by atoms with E-state index in [1.54, 1.807) is 13.1 Å². The van der Waals surface area contributed by atoms with E-state index in [1.807, 2.05) is 24.4 Å². The van der Waals surface area contributed by atoms with Gasteiger partial charge in [0.15, 0.2) is 0 Å². The van der Waals surface area contributed by atoms with Gasteiger partial charge >= 0.3 is 0 Å². The average Bonchev–Trinajstić information content (AvgIpc) is 2.44. The van der Waals surface area contributed by atoms with E-state index in [2.05, 4.69) is 44.4 Å². The zero-order valence-electron chi connectivity index (χ0n) is 11.3. The minimum absolute atomic E-state index is 0.00158. The van der Waals surface area contributed by atoms with Crippen LogP contribution in [0.3, 0.4) is 0 Å². The number of nitrogens with one attached hydrogen (secondary N) is 1. The summed E-state index contributed by atoms with van der Waals surface area (Å²) in [5.41, 5.74) is 2.37. The van der Waals surface area contributed by atoms with Gasteiger partial charge in [-0.3, -0.25) is 9.78 Å². The van der Waals surface area contributed by atoms with Crippen LogP contribution in [0.4, 0.5) is 0 Å². The second kappa shape index (κ2) is 7.20. The van der Waals surface area contributed by atoms with E-state index in [1.165, 1.54) is 5.56 Å². The fourth-order valence-electron chi connectivity index (χ4n) is 2.15. The highest BCUT2D eigenvalue weighted by Crippen LogP contribution is 2.21. The number of halogens is 1. The number of hydrogen-bond acceptors (Lipinski definition) is 2. The Kier molecular flexibility index (Phi) is 5.30. The van der Waals surface area contributed by atoms with E-state index >= 15 is 0 Å². The van der Waals surface area contributed by atoms with Crippen LogP contribution in [0.2, 0.25) is 0 Å². The van der Waals surface area contributed by atoms with Crippen LogP contribution in [0.15, 0.2) is 53.3 Å². The first-order chi connectivity index (χ1) is 9.65. The third-order valence-corrected chi connectivity index (χ3v) is 3.55. The van der Waals surface area contributed by atoms with Crippen molar-refractivity contribution < 1.29 is 4.79 Å². The summed E-state index contributed by atoms with van der Waals surface area (Å²) in [5.74, 6) is 0.245. The summed E-state index contributed by atoms with van der Waals surface area (Å²) in [6, 6.07) is 12.3. The number of amides is 1. The van der Waals surface area contributed by atoms with Gasteiger partial charge in [0, 0.05) is 36.3 Å². The lowest BCUT2D eigenvalue weighted by Crippen LogP contribution is -2.27. The average molecular weight is 333 g/mol. The molecule has 0 aliphatic heterocycles. The normalized spacial score (nSPS) is 11.9. The van der Waals surface area contributed by atoms with Crippen LogP contribution in [-0.4, -0.2) is 17.4 Å². The van der Waals surface area contributed by atoms with E-state index < -0.39 is 0 Å². The SMILES string of the molecule is CC(=O)NC[C@H](Cc1cncc(Br)c1)c1ccccc1. The molecule has 1 aromatic heterocycles. The molecule has 3 nitrogen and oxygen atoms in total. The molecule has 1 atom stereocenters. The van der Waals surface area contributed by atoms with Gasteiger partial charge in [0.25, 0.3) is 0 Å². The first-order valence-electron chi connectivity index (χ1n) is 6.54. The van der Waals surface area contributed by atoms with E-state index in [-0.39, 0.29) is 11.8 Å². The highest BCUT2D eigenvalue weighted by molar-refractivity contribution is 9.10. The molecule has 0 aliphatic carbocycles. The third-order valence-electron chi connectivity index (χ3n) is 3.11. The Morgan fingerprint density at radius 3 is 2.70 bits per heavy atom. The van der Waals surface area contributed by atoms with Gasteiger partial charge in [-0.2, -0.15) is 0 Å². The molecule has 2 rings (SSSR count). The minimum Gasteiger partial charge on any atom is -0.356 e. The van der Waals surface area contributed by atoms with E-state index in [4.69, 9.17) is 0 Å². The summed E-state index contributed by atoms with van der Waals surface area (Å²) in [4.78, 5) is 15.3. The number of carbonyl (C=O) groups excluding carboxylic acids is 1. The van der Waals surface area contributed by atoms with Crippen molar-refractivity contribution in [2.45, 2.75) is 19.3 Å². The predicted molar refractivity (Wildman–Crippen MR) is 83.5 cm³/mol. The summed E-state index contributed by atoms with van der Waals surface area (Å²) in [5, 5.41) is 2.91. The van der Waals surface area contributed by atoms with Gasteiger partial charge in [0.2, 0.25) is 5.91 Å². The molecule has 1 heterocycles. The number of carbonyl (C=O) groups is 1. The first-order valence-corrected chi connectivity index (χ1v) is 7.33. The molecule has 0 unspecified atom stereocenters. The Balaban J connectivity index is 2.16. The molecule has 1 amide bonds. The Morgan fingerprint density at radius 2 is 2.05 bits per heavy atom. The lowest BCUT2D eigenvalue weighted by Gasteiger charge is -2.18. The number of pyridine rings is 1. The molecular weight excluding hydrogens is 316 g/mol. The zero-order chi connectivity index (χ0) is 14.4. The largest absolute Gasteiger partial charge is 0.356 e. The Labute approximate surface area is 127 Å². The van der Waals surface area contributed by atoms with Crippen LogP contribution < -0.4 is 5.32 Å². The van der Waals surface area contributed by atoms with E-state index in [0.717, 1.165) is 16.5 Å². The topological polar surface area (TPSA) is 42.0 Å². The molecule has 0 fully saturated rings.